The van der Waals surface area contributed by atoms with E-state index in [1.54, 1.807) is 0 Å². The Kier molecular flexibility index (Phi) is 9.52. The minimum Gasteiger partial charge on any atom is -0.490 e. The topological polar surface area (TPSA) is 61.3 Å². The largest absolute Gasteiger partial charge is 0.490 e. The number of hydrogen-bond donors (Lipinski definition) is 0. The van der Waals surface area contributed by atoms with Crippen molar-refractivity contribution in [3.05, 3.63) is 35.4 Å². The van der Waals surface area contributed by atoms with Crippen molar-refractivity contribution in [1.29, 1.82) is 0 Å². The van der Waals surface area contributed by atoms with Gasteiger partial charge in [0, 0.05) is 11.1 Å². The lowest BCUT2D eigenvalue weighted by molar-refractivity contribution is 0.104. The van der Waals surface area contributed by atoms with Crippen LogP contribution in [-0.2, 0) is 0 Å². The number of nitrogens with zero attached hydrogens (tertiary/aromatic N) is 2. The summed E-state index contributed by atoms with van der Waals surface area (Å²) in [6.07, 6.45) is 14.6. The zero-order valence-corrected chi connectivity index (χ0v) is 22.1. The number of unbranched alkanes of at least 4 members (excludes halogenated alkanes) is 10. The summed E-state index contributed by atoms with van der Waals surface area (Å²) >= 11 is 1.17. The minimum absolute atomic E-state index is 0.0248. The summed E-state index contributed by atoms with van der Waals surface area (Å²) in [5, 5.41) is 0. The fraction of sp³-hybridized carbons (Fsp3) is 0.552. The average Bonchev–Trinajstić information content (AvgIpc) is 3.43. The van der Waals surface area contributed by atoms with Gasteiger partial charge in [0.25, 0.3) is 0 Å². The van der Waals surface area contributed by atoms with Crippen LogP contribution in [0.2, 0.25) is 0 Å². The second kappa shape index (κ2) is 13.0. The number of rotatable bonds is 16. The monoisotopic (exact) mass is 494 g/mol. The molecule has 0 fully saturated rings. The number of benzene rings is 2. The van der Waals surface area contributed by atoms with E-state index in [1.165, 1.54) is 75.9 Å². The van der Waals surface area contributed by atoms with Gasteiger partial charge in [-0.2, -0.15) is 8.75 Å². The maximum absolute atomic E-state index is 13.2. The molecule has 0 N–H and O–H groups in total. The molecule has 0 saturated carbocycles. The third-order valence-electron chi connectivity index (χ3n) is 6.77. The van der Waals surface area contributed by atoms with Crippen molar-refractivity contribution < 1.29 is 14.3 Å². The number of ether oxygens (including phenoxy) is 2. The Hall–Kier alpha value is -2.47. The lowest BCUT2D eigenvalue weighted by Gasteiger charge is -2.15. The van der Waals surface area contributed by atoms with Crippen LogP contribution in [-0.4, -0.2) is 27.7 Å². The Morgan fingerprint density at radius 1 is 0.600 bits per heavy atom. The predicted octanol–water partition coefficient (Wildman–Crippen LogP) is 8.38. The first-order chi connectivity index (χ1) is 17.2. The number of carbonyl (C=O) groups is 1. The molecule has 0 bridgehead atoms. The lowest BCUT2D eigenvalue weighted by Crippen LogP contribution is -2.04. The van der Waals surface area contributed by atoms with Crippen molar-refractivity contribution in [2.75, 3.05) is 13.2 Å². The van der Waals surface area contributed by atoms with Crippen LogP contribution in [0, 0.1) is 0 Å². The van der Waals surface area contributed by atoms with Crippen molar-refractivity contribution in [2.45, 2.75) is 90.9 Å². The van der Waals surface area contributed by atoms with Crippen molar-refractivity contribution in [1.82, 2.24) is 8.75 Å². The molecule has 1 aromatic heterocycles. The predicted molar refractivity (Wildman–Crippen MR) is 144 cm³/mol. The van der Waals surface area contributed by atoms with Gasteiger partial charge in [-0.1, -0.05) is 78.1 Å². The van der Waals surface area contributed by atoms with Crippen LogP contribution in [0.3, 0.4) is 0 Å². The highest BCUT2D eigenvalue weighted by Crippen LogP contribution is 2.44. The average molecular weight is 495 g/mol. The SMILES string of the molecule is CCCCCCCCOc1cc2c(cc1OCCCCCCCC)-c1cc3nsnc3cc1C2=O. The first-order valence-corrected chi connectivity index (χ1v) is 14.2. The normalized spacial score (nSPS) is 12.2. The number of fused-ring (bicyclic) bond motifs is 4. The van der Waals surface area contributed by atoms with Gasteiger partial charge in [0.15, 0.2) is 17.3 Å². The third-order valence-corrected chi connectivity index (χ3v) is 7.32. The molecule has 1 heterocycles. The summed E-state index contributed by atoms with van der Waals surface area (Å²) in [7, 11) is 0. The van der Waals surface area contributed by atoms with Crippen LogP contribution in [0.1, 0.15) is 107 Å². The van der Waals surface area contributed by atoms with Crippen molar-refractivity contribution in [2.24, 2.45) is 0 Å². The molecule has 1 aliphatic rings. The molecule has 35 heavy (non-hydrogen) atoms. The summed E-state index contributed by atoms with van der Waals surface area (Å²) in [6, 6.07) is 7.73. The summed E-state index contributed by atoms with van der Waals surface area (Å²) in [6.45, 7) is 5.78. The molecule has 0 unspecified atom stereocenters. The molecule has 188 valence electrons. The Labute approximate surface area is 213 Å². The van der Waals surface area contributed by atoms with Gasteiger partial charge in [-0.25, -0.2) is 0 Å². The smallest absolute Gasteiger partial charge is 0.194 e. The molecule has 5 nitrogen and oxygen atoms in total. The number of ketones is 1. The van der Waals surface area contributed by atoms with E-state index in [4.69, 9.17) is 9.47 Å². The van der Waals surface area contributed by atoms with Crippen LogP contribution in [0.4, 0.5) is 0 Å². The van der Waals surface area contributed by atoms with E-state index in [-0.39, 0.29) is 5.78 Å². The molecular weight excluding hydrogens is 456 g/mol. The molecule has 0 spiro atoms. The van der Waals surface area contributed by atoms with Crippen LogP contribution < -0.4 is 9.47 Å². The lowest BCUT2D eigenvalue weighted by atomic mass is 10.0. The highest BCUT2D eigenvalue weighted by atomic mass is 32.1. The number of aromatic nitrogens is 2. The first-order valence-electron chi connectivity index (χ1n) is 13.5. The highest BCUT2D eigenvalue weighted by molar-refractivity contribution is 7.00. The van der Waals surface area contributed by atoms with Gasteiger partial charge in [0.05, 0.1) is 24.9 Å². The minimum atomic E-state index is 0.0248. The molecular formula is C29H38N2O3S. The van der Waals surface area contributed by atoms with Gasteiger partial charge in [-0.05, 0) is 48.2 Å². The Balaban J connectivity index is 1.47. The second-order valence-electron chi connectivity index (χ2n) is 9.56. The molecule has 4 rings (SSSR count). The fourth-order valence-electron chi connectivity index (χ4n) is 4.71. The van der Waals surface area contributed by atoms with Crippen LogP contribution >= 0.6 is 11.7 Å². The standard InChI is InChI=1S/C29H38N2O3S/c1-3-5-7-9-11-13-15-33-27-19-22-21-17-25-26(31-35-30-25)18-23(21)29(32)24(22)20-28(27)34-16-14-12-10-8-6-4-2/h17-20H,3-16H2,1-2H3. The Morgan fingerprint density at radius 2 is 1.03 bits per heavy atom. The van der Waals surface area contributed by atoms with Crippen molar-refractivity contribution >= 4 is 28.5 Å². The number of hydrogen-bond acceptors (Lipinski definition) is 6. The Bertz CT molecular complexity index is 1120. The maximum atomic E-state index is 13.2. The quantitative estimate of drug-likeness (QED) is 0.146. The van der Waals surface area contributed by atoms with E-state index in [1.807, 2.05) is 24.3 Å². The van der Waals surface area contributed by atoms with E-state index >= 15 is 0 Å². The van der Waals surface area contributed by atoms with Gasteiger partial charge in [0.2, 0.25) is 0 Å². The second-order valence-corrected chi connectivity index (χ2v) is 10.1. The zero-order valence-electron chi connectivity index (χ0n) is 21.2. The van der Waals surface area contributed by atoms with Gasteiger partial charge in [0.1, 0.15) is 11.0 Å². The molecule has 0 radical (unpaired) electrons. The molecule has 3 aromatic rings. The van der Waals surface area contributed by atoms with E-state index in [2.05, 4.69) is 22.6 Å². The molecule has 6 heteroatoms. The van der Waals surface area contributed by atoms with E-state index in [0.717, 1.165) is 40.8 Å². The summed E-state index contributed by atoms with van der Waals surface area (Å²) in [4.78, 5) is 13.2. The van der Waals surface area contributed by atoms with Gasteiger partial charge in [-0.3, -0.25) is 4.79 Å². The van der Waals surface area contributed by atoms with Crippen LogP contribution in [0.25, 0.3) is 22.2 Å². The van der Waals surface area contributed by atoms with Crippen molar-refractivity contribution in [3.63, 3.8) is 0 Å². The molecule has 0 amide bonds. The molecule has 1 aliphatic carbocycles. The van der Waals surface area contributed by atoms with Crippen molar-refractivity contribution in [3.8, 4) is 22.6 Å². The Morgan fingerprint density at radius 3 is 1.60 bits per heavy atom. The molecule has 0 saturated heterocycles. The molecule has 0 atom stereocenters. The van der Waals surface area contributed by atoms with Gasteiger partial charge < -0.3 is 9.47 Å². The first kappa shape index (κ1) is 25.6. The van der Waals surface area contributed by atoms with Gasteiger partial charge >= 0.3 is 0 Å². The van der Waals surface area contributed by atoms with Crippen LogP contribution in [0.5, 0.6) is 11.5 Å². The van der Waals surface area contributed by atoms with Gasteiger partial charge in [-0.15, -0.1) is 0 Å². The third kappa shape index (κ3) is 6.40. The highest BCUT2D eigenvalue weighted by Gasteiger charge is 2.30. The number of carbonyl (C=O) groups excluding carboxylic acids is 1. The molecule has 2 aromatic carbocycles. The van der Waals surface area contributed by atoms with E-state index in [9.17, 15) is 4.79 Å². The van der Waals surface area contributed by atoms with Crippen LogP contribution in [0.15, 0.2) is 24.3 Å². The maximum Gasteiger partial charge on any atom is 0.194 e. The van der Waals surface area contributed by atoms with E-state index in [0.29, 0.717) is 30.1 Å². The zero-order chi connectivity index (χ0) is 24.5. The summed E-state index contributed by atoms with van der Waals surface area (Å²) in [5.41, 5.74) is 4.79. The summed E-state index contributed by atoms with van der Waals surface area (Å²) in [5.74, 6) is 1.44. The fourth-order valence-corrected chi connectivity index (χ4v) is 5.22. The van der Waals surface area contributed by atoms with E-state index < -0.39 is 0 Å². The summed E-state index contributed by atoms with van der Waals surface area (Å²) < 4.78 is 21.1. The molecule has 0 aliphatic heterocycles.